The Balaban J connectivity index is 1.70. The van der Waals surface area contributed by atoms with Gasteiger partial charge in [0, 0.05) is 17.4 Å². The maximum Gasteiger partial charge on any atom is 0.253 e. The van der Waals surface area contributed by atoms with Gasteiger partial charge < -0.3 is 10.1 Å². The van der Waals surface area contributed by atoms with Crippen LogP contribution in [0.15, 0.2) is 48.5 Å². The molecule has 1 aliphatic rings. The molecule has 0 unspecified atom stereocenters. The van der Waals surface area contributed by atoms with Crippen molar-refractivity contribution in [2.45, 2.75) is 26.3 Å². The van der Waals surface area contributed by atoms with E-state index in [2.05, 4.69) is 10.3 Å². The van der Waals surface area contributed by atoms with Gasteiger partial charge in [-0.2, -0.15) is 0 Å². The molecule has 1 aliphatic heterocycles. The van der Waals surface area contributed by atoms with Crippen molar-refractivity contribution in [3.05, 3.63) is 70.9 Å². The van der Waals surface area contributed by atoms with E-state index in [1.54, 1.807) is 0 Å². The van der Waals surface area contributed by atoms with Crippen LogP contribution in [-0.4, -0.2) is 17.5 Å². The molecule has 0 aliphatic carbocycles. The third kappa shape index (κ3) is 2.74. The number of amides is 1. The highest BCUT2D eigenvalue weighted by atomic mass is 16.5. The summed E-state index contributed by atoms with van der Waals surface area (Å²) in [6, 6.07) is 15.8. The molecule has 2 heterocycles. The summed E-state index contributed by atoms with van der Waals surface area (Å²) in [5.74, 6) is 0.777. The average Bonchev–Trinajstić information content (AvgIpc) is 2.62. The van der Waals surface area contributed by atoms with Gasteiger partial charge in [-0.1, -0.05) is 36.4 Å². The third-order valence-electron chi connectivity index (χ3n) is 4.82. The lowest BCUT2D eigenvalue weighted by Crippen LogP contribution is -2.33. The molecule has 0 saturated carbocycles. The normalized spacial score (nSPS) is 16.2. The van der Waals surface area contributed by atoms with E-state index < -0.39 is 0 Å². The number of nitrogens with zero attached hydrogens (tertiary/aromatic N) is 1. The van der Waals surface area contributed by atoms with Crippen LogP contribution in [0, 0.1) is 13.8 Å². The fourth-order valence-electron chi connectivity index (χ4n) is 3.59. The molecule has 25 heavy (non-hydrogen) atoms. The number of carbonyl (C=O) groups excluding carboxylic acids is 1. The van der Waals surface area contributed by atoms with Gasteiger partial charge in [0.15, 0.2) is 0 Å². The van der Waals surface area contributed by atoms with E-state index in [1.165, 1.54) is 0 Å². The zero-order valence-electron chi connectivity index (χ0n) is 14.4. The zero-order chi connectivity index (χ0) is 17.4. The number of para-hydroxylation sites is 2. The first-order valence-electron chi connectivity index (χ1n) is 8.53. The van der Waals surface area contributed by atoms with Gasteiger partial charge >= 0.3 is 0 Å². The van der Waals surface area contributed by atoms with Crippen molar-refractivity contribution < 1.29 is 9.53 Å². The number of hydrogen-bond donors (Lipinski definition) is 1. The number of rotatable bonds is 2. The van der Waals surface area contributed by atoms with Crippen LogP contribution in [0.1, 0.15) is 39.6 Å². The number of ether oxygens (including phenoxy) is 1. The van der Waals surface area contributed by atoms with Crippen LogP contribution in [-0.2, 0) is 0 Å². The first kappa shape index (κ1) is 15.6. The second-order valence-corrected chi connectivity index (χ2v) is 6.42. The van der Waals surface area contributed by atoms with Gasteiger partial charge in [-0.25, -0.2) is 0 Å². The molecular formula is C21H20N2O2. The van der Waals surface area contributed by atoms with Gasteiger partial charge in [0.25, 0.3) is 5.91 Å². The summed E-state index contributed by atoms with van der Waals surface area (Å²) in [6.07, 6.45) is 0.766. The molecule has 2 aromatic carbocycles. The number of carbonyl (C=O) groups is 1. The predicted molar refractivity (Wildman–Crippen MR) is 98.0 cm³/mol. The van der Waals surface area contributed by atoms with Crippen molar-refractivity contribution in [2.75, 3.05) is 6.61 Å². The topological polar surface area (TPSA) is 51.2 Å². The van der Waals surface area contributed by atoms with E-state index in [0.29, 0.717) is 12.2 Å². The van der Waals surface area contributed by atoms with Crippen molar-refractivity contribution in [2.24, 2.45) is 0 Å². The molecule has 4 heteroatoms. The number of hydrogen-bond acceptors (Lipinski definition) is 3. The predicted octanol–water partition coefficient (Wildman–Crippen LogP) is 4.11. The number of fused-ring (bicyclic) bond motifs is 2. The van der Waals surface area contributed by atoms with Crippen LogP contribution < -0.4 is 10.1 Å². The summed E-state index contributed by atoms with van der Waals surface area (Å²) >= 11 is 0. The summed E-state index contributed by atoms with van der Waals surface area (Å²) in [5, 5.41) is 4.20. The Morgan fingerprint density at radius 2 is 1.88 bits per heavy atom. The fraction of sp³-hybridized carbons (Fsp3) is 0.238. The molecule has 0 spiro atoms. The highest BCUT2D eigenvalue weighted by Gasteiger charge is 2.25. The van der Waals surface area contributed by atoms with Gasteiger partial charge in [-0.05, 0) is 31.5 Å². The lowest BCUT2D eigenvalue weighted by molar-refractivity contribution is 0.0923. The lowest BCUT2D eigenvalue weighted by atomic mass is 9.98. The summed E-state index contributed by atoms with van der Waals surface area (Å²) in [4.78, 5) is 17.6. The van der Waals surface area contributed by atoms with Crippen LogP contribution in [0.5, 0.6) is 5.75 Å². The van der Waals surface area contributed by atoms with Gasteiger partial charge in [0.2, 0.25) is 0 Å². The second kappa shape index (κ2) is 6.20. The van der Waals surface area contributed by atoms with Gasteiger partial charge in [0.1, 0.15) is 5.75 Å². The van der Waals surface area contributed by atoms with E-state index in [1.807, 2.05) is 62.4 Å². The van der Waals surface area contributed by atoms with Crippen LogP contribution >= 0.6 is 0 Å². The Morgan fingerprint density at radius 3 is 2.76 bits per heavy atom. The largest absolute Gasteiger partial charge is 0.493 e. The van der Waals surface area contributed by atoms with Crippen LogP contribution in [0.2, 0.25) is 0 Å². The number of aryl methyl sites for hydroxylation is 2. The van der Waals surface area contributed by atoms with Crippen LogP contribution in [0.3, 0.4) is 0 Å². The molecule has 1 atom stereocenters. The molecule has 126 valence electrons. The fourth-order valence-corrected chi connectivity index (χ4v) is 3.59. The standard InChI is InChI=1S/C21H20N2O2/c1-13-15-7-3-5-9-17(15)22-14(2)20(13)21(24)23-18-11-12-25-19-10-6-4-8-16(18)19/h3-10,18H,11-12H2,1-2H3,(H,23,24)/t18-/m1/s1. The minimum Gasteiger partial charge on any atom is -0.493 e. The lowest BCUT2D eigenvalue weighted by Gasteiger charge is -2.27. The monoisotopic (exact) mass is 332 g/mol. The molecule has 0 fully saturated rings. The first-order valence-corrected chi connectivity index (χ1v) is 8.53. The molecule has 0 radical (unpaired) electrons. The molecule has 4 rings (SSSR count). The second-order valence-electron chi connectivity index (χ2n) is 6.42. The van der Waals surface area contributed by atoms with E-state index in [9.17, 15) is 4.79 Å². The SMILES string of the molecule is Cc1nc2ccccc2c(C)c1C(=O)N[C@@H]1CCOc2ccccc21. The smallest absolute Gasteiger partial charge is 0.253 e. The quantitative estimate of drug-likeness (QED) is 0.768. The minimum atomic E-state index is -0.0741. The van der Waals surface area contributed by atoms with Crippen molar-refractivity contribution >= 4 is 16.8 Å². The van der Waals surface area contributed by atoms with Crippen molar-refractivity contribution in [3.63, 3.8) is 0 Å². The van der Waals surface area contributed by atoms with Crippen LogP contribution in [0.25, 0.3) is 10.9 Å². The van der Waals surface area contributed by atoms with E-state index in [4.69, 9.17) is 4.74 Å². The van der Waals surface area contributed by atoms with Gasteiger partial charge in [-0.3, -0.25) is 9.78 Å². The van der Waals surface area contributed by atoms with Crippen molar-refractivity contribution in [1.29, 1.82) is 0 Å². The summed E-state index contributed by atoms with van der Waals surface area (Å²) < 4.78 is 5.68. The highest BCUT2D eigenvalue weighted by molar-refractivity contribution is 6.01. The number of pyridine rings is 1. The first-order chi connectivity index (χ1) is 12.1. The number of benzene rings is 2. The molecule has 0 bridgehead atoms. The summed E-state index contributed by atoms with van der Waals surface area (Å²) in [7, 11) is 0. The molecule has 1 aromatic heterocycles. The van der Waals surface area contributed by atoms with E-state index in [0.717, 1.165) is 39.9 Å². The summed E-state index contributed by atoms with van der Waals surface area (Å²) in [6.45, 7) is 4.49. The Morgan fingerprint density at radius 1 is 1.12 bits per heavy atom. The molecular weight excluding hydrogens is 312 g/mol. The Bertz CT molecular complexity index is 965. The highest BCUT2D eigenvalue weighted by Crippen LogP contribution is 2.32. The Hall–Kier alpha value is -2.88. The number of nitrogens with one attached hydrogen (secondary N) is 1. The minimum absolute atomic E-state index is 0.0391. The number of aromatic nitrogens is 1. The van der Waals surface area contributed by atoms with Gasteiger partial charge in [-0.15, -0.1) is 0 Å². The molecule has 4 nitrogen and oxygen atoms in total. The van der Waals surface area contributed by atoms with Gasteiger partial charge in [0.05, 0.1) is 29.4 Å². The van der Waals surface area contributed by atoms with Crippen molar-refractivity contribution in [3.8, 4) is 5.75 Å². The summed E-state index contributed by atoms with van der Waals surface area (Å²) in [5.41, 5.74) is 4.36. The Labute approximate surface area is 146 Å². The average molecular weight is 332 g/mol. The molecule has 1 N–H and O–H groups in total. The van der Waals surface area contributed by atoms with E-state index in [-0.39, 0.29) is 11.9 Å². The van der Waals surface area contributed by atoms with Crippen LogP contribution in [0.4, 0.5) is 0 Å². The maximum absolute atomic E-state index is 13.0. The molecule has 0 saturated heterocycles. The van der Waals surface area contributed by atoms with E-state index >= 15 is 0 Å². The zero-order valence-corrected chi connectivity index (χ0v) is 14.4. The third-order valence-corrected chi connectivity index (χ3v) is 4.82. The van der Waals surface area contributed by atoms with Crippen molar-refractivity contribution in [1.82, 2.24) is 10.3 Å². The molecule has 3 aromatic rings. The molecule has 1 amide bonds. The Kier molecular flexibility index (Phi) is 3.88. The maximum atomic E-state index is 13.0.